The van der Waals surface area contributed by atoms with E-state index < -0.39 is 5.97 Å². The summed E-state index contributed by atoms with van der Waals surface area (Å²) in [5, 5.41) is 17.7. The maximum atomic E-state index is 10.4. The first-order valence-electron chi connectivity index (χ1n) is 3.00. The second kappa shape index (κ2) is 3.61. The lowest BCUT2D eigenvalue weighted by Gasteiger charge is -2.01. The van der Waals surface area contributed by atoms with Crippen LogP contribution in [0.25, 0.3) is 0 Å². The van der Waals surface area contributed by atoms with Crippen LogP contribution in [0.5, 0.6) is 11.5 Å². The number of carbonyl (C=O) groups is 1. The van der Waals surface area contributed by atoms with Gasteiger partial charge >= 0.3 is 5.97 Å². The van der Waals surface area contributed by atoms with E-state index in [1.807, 2.05) is 0 Å². The summed E-state index contributed by atoms with van der Waals surface area (Å²) in [5.41, 5.74) is 0.0828. The summed E-state index contributed by atoms with van der Waals surface area (Å²) in [6, 6.07) is 3.83. The molecule has 1 aromatic rings. The van der Waals surface area contributed by atoms with Gasteiger partial charge in [0, 0.05) is 0 Å². The minimum atomic E-state index is -1.05. The molecule has 1 rings (SSSR count). The zero-order chi connectivity index (χ0) is 9.14. The monoisotopic (exact) mass is 280 g/mol. The summed E-state index contributed by atoms with van der Waals surface area (Å²) in [4.78, 5) is 10.4. The second-order valence-electron chi connectivity index (χ2n) is 2.06. The molecule has 12 heavy (non-hydrogen) atoms. The van der Waals surface area contributed by atoms with Crippen LogP contribution in [0.2, 0.25) is 0 Å². The Hall–Kier alpha value is -0.980. The van der Waals surface area contributed by atoms with Gasteiger partial charge in [-0.15, -0.1) is 0 Å². The largest absolute Gasteiger partial charge is 0.504 e. The van der Waals surface area contributed by atoms with Crippen molar-refractivity contribution in [3.8, 4) is 11.5 Å². The Kier molecular flexibility index (Phi) is 2.74. The van der Waals surface area contributed by atoms with Gasteiger partial charge in [-0.25, -0.2) is 4.79 Å². The van der Waals surface area contributed by atoms with E-state index in [4.69, 9.17) is 13.3 Å². The Morgan fingerprint density at radius 2 is 2.17 bits per heavy atom. The molecule has 0 radical (unpaired) electrons. The lowest BCUT2D eigenvalue weighted by atomic mass is 10.2. The number of halogens is 1. The molecule has 0 unspecified atom stereocenters. The van der Waals surface area contributed by atoms with Gasteiger partial charge in [0.1, 0.15) is 0 Å². The number of hydrogen-bond donors (Lipinski definition) is 2. The molecule has 0 amide bonds. The third-order valence-corrected chi connectivity index (χ3v) is 1.76. The van der Waals surface area contributed by atoms with Crippen molar-refractivity contribution in [2.75, 3.05) is 0 Å². The van der Waals surface area contributed by atoms with E-state index in [-0.39, 0.29) is 17.1 Å². The predicted molar refractivity (Wildman–Crippen MR) is 49.7 cm³/mol. The maximum absolute atomic E-state index is 10.4. The van der Waals surface area contributed by atoms with Crippen molar-refractivity contribution >= 4 is 29.0 Å². The van der Waals surface area contributed by atoms with Crippen LogP contribution in [0, 0.1) is 0 Å². The van der Waals surface area contributed by atoms with Gasteiger partial charge in [-0.2, -0.15) is 0 Å². The first-order chi connectivity index (χ1) is 5.65. The SMILES string of the molecule is O=C(O)c1ccc(O)c(OI)c1. The molecule has 0 atom stereocenters. The van der Waals surface area contributed by atoms with Gasteiger partial charge in [-0.05, 0) is 18.2 Å². The lowest BCUT2D eigenvalue weighted by molar-refractivity contribution is 0.0696. The van der Waals surface area contributed by atoms with Gasteiger partial charge in [0.05, 0.1) is 5.56 Å². The Balaban J connectivity index is 3.13. The Bertz CT molecular complexity index is 310. The van der Waals surface area contributed by atoms with Crippen molar-refractivity contribution in [1.82, 2.24) is 0 Å². The van der Waals surface area contributed by atoms with Crippen LogP contribution in [0.3, 0.4) is 0 Å². The van der Waals surface area contributed by atoms with Crippen LogP contribution < -0.4 is 3.07 Å². The normalized spacial score (nSPS) is 9.42. The maximum Gasteiger partial charge on any atom is 0.335 e. The molecule has 0 aliphatic carbocycles. The molecule has 1 aromatic carbocycles. The first kappa shape index (κ1) is 9.11. The van der Waals surface area contributed by atoms with Crippen molar-refractivity contribution in [2.24, 2.45) is 0 Å². The highest BCUT2D eigenvalue weighted by Gasteiger charge is 2.07. The summed E-state index contributed by atoms with van der Waals surface area (Å²) in [7, 11) is 0. The average Bonchev–Trinajstić information content (AvgIpc) is 2.05. The molecule has 0 bridgehead atoms. The van der Waals surface area contributed by atoms with E-state index in [0.717, 1.165) is 0 Å². The Labute approximate surface area is 82.5 Å². The topological polar surface area (TPSA) is 66.8 Å². The Morgan fingerprint density at radius 1 is 1.50 bits per heavy atom. The van der Waals surface area contributed by atoms with Gasteiger partial charge in [0.25, 0.3) is 0 Å². The zero-order valence-electron chi connectivity index (χ0n) is 5.82. The summed E-state index contributed by atoms with van der Waals surface area (Å²) in [5.74, 6) is -0.977. The van der Waals surface area contributed by atoms with Crippen molar-refractivity contribution in [2.45, 2.75) is 0 Å². The fraction of sp³-hybridized carbons (Fsp3) is 0. The van der Waals surface area contributed by atoms with Crippen LogP contribution >= 0.6 is 23.0 Å². The summed E-state index contributed by atoms with van der Waals surface area (Å²) in [6.07, 6.45) is 0. The molecule has 5 heteroatoms. The van der Waals surface area contributed by atoms with Gasteiger partial charge in [0.15, 0.2) is 34.5 Å². The van der Waals surface area contributed by atoms with Crippen molar-refractivity contribution < 1.29 is 18.1 Å². The van der Waals surface area contributed by atoms with Gasteiger partial charge in [0.2, 0.25) is 0 Å². The molecule has 0 aromatic heterocycles. The quantitative estimate of drug-likeness (QED) is 0.811. The third-order valence-electron chi connectivity index (χ3n) is 1.29. The fourth-order valence-electron chi connectivity index (χ4n) is 0.709. The van der Waals surface area contributed by atoms with E-state index in [0.29, 0.717) is 0 Å². The minimum absolute atomic E-state index is 0.0746. The minimum Gasteiger partial charge on any atom is -0.504 e. The predicted octanol–water partition coefficient (Wildman–Crippen LogP) is 1.82. The highest BCUT2D eigenvalue weighted by Crippen LogP contribution is 2.28. The van der Waals surface area contributed by atoms with E-state index in [2.05, 4.69) is 0 Å². The number of benzene rings is 1. The number of aromatic carboxylic acids is 1. The van der Waals surface area contributed by atoms with E-state index >= 15 is 0 Å². The van der Waals surface area contributed by atoms with Crippen LogP contribution in [0.1, 0.15) is 10.4 Å². The summed E-state index contributed by atoms with van der Waals surface area (Å²) < 4.78 is 4.69. The fourth-order valence-corrected chi connectivity index (χ4v) is 1.06. The molecule has 0 spiro atoms. The van der Waals surface area contributed by atoms with Crippen LogP contribution in [0.4, 0.5) is 0 Å². The molecule has 64 valence electrons. The number of rotatable bonds is 2. The summed E-state index contributed by atoms with van der Waals surface area (Å²) >= 11 is 1.57. The van der Waals surface area contributed by atoms with Crippen molar-refractivity contribution in [1.29, 1.82) is 0 Å². The highest BCUT2D eigenvalue weighted by molar-refractivity contribution is 14.1. The average molecular weight is 280 g/mol. The molecule has 0 aliphatic rings. The molecule has 0 saturated carbocycles. The van der Waals surface area contributed by atoms with Crippen LogP contribution in [0.15, 0.2) is 18.2 Å². The standard InChI is InChI=1S/C7H5IO4/c8-12-6-3-4(7(10)11)1-2-5(6)9/h1-3,9H,(H,10,11). The molecular formula is C7H5IO4. The molecule has 0 aliphatic heterocycles. The number of carboxylic acids is 1. The van der Waals surface area contributed by atoms with Crippen LogP contribution in [-0.2, 0) is 0 Å². The number of phenols is 1. The highest BCUT2D eigenvalue weighted by atomic mass is 127. The molecular weight excluding hydrogens is 275 g/mol. The summed E-state index contributed by atoms with van der Waals surface area (Å²) in [6.45, 7) is 0. The molecule has 0 fully saturated rings. The Morgan fingerprint density at radius 3 is 2.67 bits per heavy atom. The smallest absolute Gasteiger partial charge is 0.335 e. The molecule has 2 N–H and O–H groups in total. The van der Waals surface area contributed by atoms with E-state index in [1.54, 1.807) is 23.0 Å². The lowest BCUT2D eigenvalue weighted by Crippen LogP contribution is -1.95. The third kappa shape index (κ3) is 1.79. The van der Waals surface area contributed by atoms with Gasteiger partial charge in [-0.1, -0.05) is 0 Å². The number of carboxylic acid groups (broad SMARTS) is 1. The van der Waals surface area contributed by atoms with Crippen LogP contribution in [-0.4, -0.2) is 16.2 Å². The zero-order valence-corrected chi connectivity index (χ0v) is 7.98. The molecule has 0 heterocycles. The number of aromatic hydroxyl groups is 1. The second-order valence-corrected chi connectivity index (χ2v) is 2.51. The number of hydrogen-bond acceptors (Lipinski definition) is 3. The van der Waals surface area contributed by atoms with Gasteiger partial charge < -0.3 is 13.3 Å². The molecule has 4 nitrogen and oxygen atoms in total. The first-order valence-corrected chi connectivity index (χ1v) is 3.88. The van der Waals surface area contributed by atoms with E-state index in [1.165, 1.54) is 18.2 Å². The van der Waals surface area contributed by atoms with Crippen molar-refractivity contribution in [3.63, 3.8) is 0 Å². The number of phenolic OH excluding ortho intramolecular Hbond substituents is 1. The van der Waals surface area contributed by atoms with Crippen molar-refractivity contribution in [3.05, 3.63) is 23.8 Å². The van der Waals surface area contributed by atoms with Gasteiger partial charge in [-0.3, -0.25) is 0 Å². The molecule has 0 saturated heterocycles. The van der Waals surface area contributed by atoms with E-state index in [9.17, 15) is 4.79 Å².